The van der Waals surface area contributed by atoms with Crippen LogP contribution >= 0.6 is 0 Å². The van der Waals surface area contributed by atoms with E-state index >= 15 is 0 Å². The molecule has 1 aliphatic heterocycles. The molecule has 0 unspecified atom stereocenters. The summed E-state index contributed by atoms with van der Waals surface area (Å²) < 4.78 is 10.6. The van der Waals surface area contributed by atoms with E-state index in [0.29, 0.717) is 18.5 Å². The zero-order valence-electron chi connectivity index (χ0n) is 18.2. The summed E-state index contributed by atoms with van der Waals surface area (Å²) in [5, 5.41) is 11.2. The number of piperidine rings is 1. The molecule has 0 aromatic carbocycles. The summed E-state index contributed by atoms with van der Waals surface area (Å²) >= 11 is 0. The molecule has 2 N–H and O–H groups in total. The van der Waals surface area contributed by atoms with Gasteiger partial charge < -0.3 is 24.8 Å². The van der Waals surface area contributed by atoms with Crippen LogP contribution in [0.2, 0.25) is 0 Å². The number of rotatable bonds is 11. The Labute approximate surface area is 170 Å². The van der Waals surface area contributed by atoms with E-state index in [-0.39, 0.29) is 0 Å². The molecule has 160 valence electrons. The quantitative estimate of drug-likeness (QED) is 0.342. The summed E-state index contributed by atoms with van der Waals surface area (Å²) in [4.78, 5) is 7.24. The Morgan fingerprint density at radius 3 is 2.71 bits per heavy atom. The summed E-state index contributed by atoms with van der Waals surface area (Å²) in [5.74, 6) is 2.16. The molecule has 0 spiro atoms. The molecule has 1 aliphatic rings. The molecule has 1 aromatic heterocycles. The van der Waals surface area contributed by atoms with E-state index in [1.807, 2.05) is 0 Å². The SMILES string of the molecule is CCNC(=NCc1cc(C(CC)CC)no1)NC1CCN(CCCOC)CC1. The van der Waals surface area contributed by atoms with Gasteiger partial charge in [-0.25, -0.2) is 4.99 Å². The number of nitrogens with zero attached hydrogens (tertiary/aromatic N) is 3. The van der Waals surface area contributed by atoms with Crippen LogP contribution in [-0.4, -0.2) is 62.0 Å². The fourth-order valence-electron chi connectivity index (χ4n) is 3.71. The molecular weight excluding hydrogens is 354 g/mol. The van der Waals surface area contributed by atoms with E-state index in [2.05, 4.69) is 47.5 Å². The predicted octanol–water partition coefficient (Wildman–Crippen LogP) is 3.13. The van der Waals surface area contributed by atoms with E-state index in [1.54, 1.807) is 7.11 Å². The summed E-state index contributed by atoms with van der Waals surface area (Å²) in [6.45, 7) is 12.1. The van der Waals surface area contributed by atoms with Gasteiger partial charge in [-0.1, -0.05) is 19.0 Å². The van der Waals surface area contributed by atoms with Crippen LogP contribution in [0, 0.1) is 0 Å². The number of hydrogen-bond acceptors (Lipinski definition) is 5. The molecule has 0 aliphatic carbocycles. The van der Waals surface area contributed by atoms with E-state index < -0.39 is 0 Å². The molecule has 0 bridgehead atoms. The second-order valence-electron chi connectivity index (χ2n) is 7.53. The van der Waals surface area contributed by atoms with Crippen LogP contribution in [-0.2, 0) is 11.3 Å². The number of guanidine groups is 1. The van der Waals surface area contributed by atoms with Crippen molar-refractivity contribution in [3.8, 4) is 0 Å². The maximum atomic E-state index is 5.50. The Hall–Kier alpha value is -1.60. The molecule has 1 aromatic rings. The molecule has 7 nitrogen and oxygen atoms in total. The van der Waals surface area contributed by atoms with Gasteiger partial charge >= 0.3 is 0 Å². The maximum Gasteiger partial charge on any atom is 0.191 e. The fraction of sp³-hybridized carbons (Fsp3) is 0.810. The summed E-state index contributed by atoms with van der Waals surface area (Å²) in [5.41, 5.74) is 1.05. The number of ether oxygens (including phenoxy) is 1. The minimum Gasteiger partial charge on any atom is -0.385 e. The molecule has 0 radical (unpaired) electrons. The van der Waals surface area contributed by atoms with Gasteiger partial charge in [0, 0.05) is 57.9 Å². The first-order valence-corrected chi connectivity index (χ1v) is 10.9. The van der Waals surface area contributed by atoms with Gasteiger partial charge in [0.2, 0.25) is 0 Å². The molecule has 1 fully saturated rings. The number of nitrogens with one attached hydrogen (secondary N) is 2. The maximum absolute atomic E-state index is 5.50. The number of methoxy groups -OCH3 is 1. The van der Waals surface area contributed by atoms with Crippen molar-refractivity contribution < 1.29 is 9.26 Å². The highest BCUT2D eigenvalue weighted by Crippen LogP contribution is 2.22. The molecule has 0 saturated carbocycles. The number of aromatic nitrogens is 1. The Morgan fingerprint density at radius 1 is 1.32 bits per heavy atom. The average Bonchev–Trinajstić information content (AvgIpc) is 3.17. The van der Waals surface area contributed by atoms with E-state index in [1.165, 1.54) is 0 Å². The minimum atomic E-state index is 0.464. The molecule has 2 heterocycles. The first kappa shape index (κ1) is 22.7. The smallest absolute Gasteiger partial charge is 0.191 e. The Kier molecular flexibility index (Phi) is 10.4. The van der Waals surface area contributed by atoms with E-state index in [0.717, 1.165) is 82.3 Å². The summed E-state index contributed by atoms with van der Waals surface area (Å²) in [6.07, 6.45) is 5.55. The third kappa shape index (κ3) is 7.43. The van der Waals surface area contributed by atoms with Gasteiger partial charge in [-0.2, -0.15) is 0 Å². The number of likely N-dealkylation sites (tertiary alicyclic amines) is 1. The van der Waals surface area contributed by atoms with Crippen molar-refractivity contribution in [1.29, 1.82) is 0 Å². The Bertz CT molecular complexity index is 563. The molecule has 7 heteroatoms. The highest BCUT2D eigenvalue weighted by atomic mass is 16.5. The largest absolute Gasteiger partial charge is 0.385 e. The lowest BCUT2D eigenvalue weighted by Crippen LogP contribution is -2.48. The first-order chi connectivity index (χ1) is 13.7. The van der Waals surface area contributed by atoms with E-state index in [9.17, 15) is 0 Å². The zero-order chi connectivity index (χ0) is 20.2. The van der Waals surface area contributed by atoms with Crippen molar-refractivity contribution in [3.63, 3.8) is 0 Å². The van der Waals surface area contributed by atoms with Gasteiger partial charge in [0.15, 0.2) is 11.7 Å². The number of hydrogen-bond donors (Lipinski definition) is 2. The summed E-state index contributed by atoms with van der Waals surface area (Å²) in [7, 11) is 1.77. The van der Waals surface area contributed by atoms with Crippen LogP contribution in [0.5, 0.6) is 0 Å². The molecule has 0 atom stereocenters. The second-order valence-corrected chi connectivity index (χ2v) is 7.53. The molecule has 0 amide bonds. The van der Waals surface area contributed by atoms with Gasteiger partial charge in [0.25, 0.3) is 0 Å². The normalized spacial score (nSPS) is 16.7. The van der Waals surface area contributed by atoms with Gasteiger partial charge in [0.1, 0.15) is 6.54 Å². The van der Waals surface area contributed by atoms with Crippen molar-refractivity contribution >= 4 is 5.96 Å². The van der Waals surface area contributed by atoms with Crippen LogP contribution in [0.4, 0.5) is 0 Å². The van der Waals surface area contributed by atoms with Gasteiger partial charge in [0.05, 0.1) is 5.69 Å². The molecular formula is C21H39N5O2. The molecule has 2 rings (SSSR count). The van der Waals surface area contributed by atoms with Crippen LogP contribution in [0.3, 0.4) is 0 Å². The molecule has 1 saturated heterocycles. The lowest BCUT2D eigenvalue weighted by atomic mass is 9.99. The fourth-order valence-corrected chi connectivity index (χ4v) is 3.71. The van der Waals surface area contributed by atoms with Crippen LogP contribution < -0.4 is 10.6 Å². The highest BCUT2D eigenvalue weighted by molar-refractivity contribution is 5.80. The van der Waals surface area contributed by atoms with Crippen molar-refractivity contribution in [2.45, 2.75) is 71.4 Å². The zero-order valence-corrected chi connectivity index (χ0v) is 18.2. The minimum absolute atomic E-state index is 0.464. The van der Waals surface area contributed by atoms with Crippen LogP contribution in [0.15, 0.2) is 15.6 Å². The van der Waals surface area contributed by atoms with Crippen molar-refractivity contribution in [1.82, 2.24) is 20.7 Å². The van der Waals surface area contributed by atoms with Crippen LogP contribution in [0.1, 0.15) is 70.2 Å². The summed E-state index contributed by atoms with van der Waals surface area (Å²) in [6, 6.07) is 2.52. The van der Waals surface area contributed by atoms with E-state index in [4.69, 9.17) is 14.3 Å². The topological polar surface area (TPSA) is 74.9 Å². The van der Waals surface area contributed by atoms with Gasteiger partial charge in [-0.3, -0.25) is 0 Å². The third-order valence-corrected chi connectivity index (χ3v) is 5.47. The second kappa shape index (κ2) is 12.8. The predicted molar refractivity (Wildman–Crippen MR) is 114 cm³/mol. The van der Waals surface area contributed by atoms with Crippen molar-refractivity contribution in [2.75, 3.05) is 39.9 Å². The lowest BCUT2D eigenvalue weighted by molar-refractivity contribution is 0.155. The van der Waals surface area contributed by atoms with Crippen molar-refractivity contribution in [3.05, 3.63) is 17.5 Å². The van der Waals surface area contributed by atoms with Crippen molar-refractivity contribution in [2.24, 2.45) is 4.99 Å². The third-order valence-electron chi connectivity index (χ3n) is 5.47. The van der Waals surface area contributed by atoms with Crippen LogP contribution in [0.25, 0.3) is 0 Å². The lowest BCUT2D eigenvalue weighted by Gasteiger charge is -2.33. The first-order valence-electron chi connectivity index (χ1n) is 10.9. The van der Waals surface area contributed by atoms with Gasteiger partial charge in [-0.15, -0.1) is 0 Å². The standard InChI is InChI=1S/C21H39N5O2/c1-5-17(6-2)20-15-19(28-25-20)16-23-21(22-7-3)24-18-9-12-26(13-10-18)11-8-14-27-4/h15,17-18H,5-14,16H2,1-4H3,(H2,22,23,24). The monoisotopic (exact) mass is 393 g/mol. The number of aliphatic imine (C=N–C) groups is 1. The average molecular weight is 394 g/mol. The van der Waals surface area contributed by atoms with Gasteiger partial charge in [-0.05, 0) is 39.0 Å². The molecule has 28 heavy (non-hydrogen) atoms. The Morgan fingerprint density at radius 2 is 2.07 bits per heavy atom. The highest BCUT2D eigenvalue weighted by Gasteiger charge is 2.20. The Balaban J connectivity index is 1.82.